The van der Waals surface area contributed by atoms with Crippen LogP contribution in [0.3, 0.4) is 0 Å². The van der Waals surface area contributed by atoms with Crippen LogP contribution in [0.25, 0.3) is 0 Å². The molecule has 0 radical (unpaired) electrons. The van der Waals surface area contributed by atoms with E-state index in [1.54, 1.807) is 17.0 Å². The highest BCUT2D eigenvalue weighted by Crippen LogP contribution is 2.38. The van der Waals surface area contributed by atoms with Gasteiger partial charge in [-0.1, -0.05) is 42.5 Å². The summed E-state index contributed by atoms with van der Waals surface area (Å²) in [5, 5.41) is 0. The predicted molar refractivity (Wildman–Crippen MR) is 112 cm³/mol. The molecule has 1 aliphatic rings. The maximum Gasteiger partial charge on any atom is 0.274 e. The molecule has 6 heteroatoms. The summed E-state index contributed by atoms with van der Waals surface area (Å²) in [6.45, 7) is 2.97. The molecule has 0 saturated heterocycles. The number of benzene rings is 2. The number of nitrogen functional groups attached to an aromatic ring is 1. The third kappa shape index (κ3) is 4.16. The van der Waals surface area contributed by atoms with Crippen LogP contribution in [-0.2, 0) is 4.79 Å². The summed E-state index contributed by atoms with van der Waals surface area (Å²) < 4.78 is 11.8. The fourth-order valence-corrected chi connectivity index (χ4v) is 3.33. The van der Waals surface area contributed by atoms with Gasteiger partial charge in [0.25, 0.3) is 5.91 Å². The minimum Gasteiger partial charge on any atom is -0.494 e. The third-order valence-corrected chi connectivity index (χ3v) is 4.74. The van der Waals surface area contributed by atoms with Crippen molar-refractivity contribution in [2.24, 2.45) is 0 Å². The number of rotatable bonds is 6. The van der Waals surface area contributed by atoms with Gasteiger partial charge in [0.2, 0.25) is 6.10 Å². The van der Waals surface area contributed by atoms with Gasteiger partial charge in [-0.05, 0) is 43.2 Å². The number of fused-ring (bicyclic) bond motifs is 1. The summed E-state index contributed by atoms with van der Waals surface area (Å²) in [5.74, 6) is 2.02. The fourth-order valence-electron chi connectivity index (χ4n) is 3.33. The van der Waals surface area contributed by atoms with Crippen LogP contribution >= 0.6 is 0 Å². The van der Waals surface area contributed by atoms with Crippen molar-refractivity contribution in [1.82, 2.24) is 4.98 Å². The third-order valence-electron chi connectivity index (χ3n) is 4.74. The summed E-state index contributed by atoms with van der Waals surface area (Å²) in [6.07, 6.45) is -0.0521. The van der Waals surface area contributed by atoms with Gasteiger partial charge < -0.3 is 15.2 Å². The standard InChI is InChI=1S/C23H23N3O3/c1-16-7-5-10-18(15-16)28-14-6-13-26-22-19(11-12-20(24)25-22)29-21(23(26)27)17-8-3-2-4-9-17/h2-5,7-12,15,21H,6,13-14H2,1H3,(H2,24,25). The summed E-state index contributed by atoms with van der Waals surface area (Å²) in [5.41, 5.74) is 7.80. The summed E-state index contributed by atoms with van der Waals surface area (Å²) in [4.78, 5) is 19.2. The van der Waals surface area contributed by atoms with Gasteiger partial charge in [0.1, 0.15) is 11.6 Å². The van der Waals surface area contributed by atoms with Gasteiger partial charge in [-0.3, -0.25) is 9.69 Å². The predicted octanol–water partition coefficient (Wildman–Crippen LogP) is 3.91. The molecule has 1 aromatic heterocycles. The number of hydrogen-bond donors (Lipinski definition) is 1. The zero-order valence-corrected chi connectivity index (χ0v) is 16.2. The van der Waals surface area contributed by atoms with Crippen molar-refractivity contribution in [2.75, 3.05) is 23.8 Å². The lowest BCUT2D eigenvalue weighted by atomic mass is 10.1. The largest absolute Gasteiger partial charge is 0.494 e. The molecule has 4 rings (SSSR count). The minimum absolute atomic E-state index is 0.155. The second-order valence-corrected chi connectivity index (χ2v) is 6.97. The van der Waals surface area contributed by atoms with Gasteiger partial charge in [-0.15, -0.1) is 0 Å². The highest BCUT2D eigenvalue weighted by Gasteiger charge is 2.36. The van der Waals surface area contributed by atoms with E-state index in [1.165, 1.54) is 0 Å². The lowest BCUT2D eigenvalue weighted by Gasteiger charge is -2.33. The van der Waals surface area contributed by atoms with Crippen LogP contribution in [-0.4, -0.2) is 24.0 Å². The molecule has 1 unspecified atom stereocenters. The van der Waals surface area contributed by atoms with Crippen LogP contribution < -0.4 is 20.1 Å². The molecule has 2 heterocycles. The summed E-state index contributed by atoms with van der Waals surface area (Å²) in [7, 11) is 0. The number of nitrogens with zero attached hydrogens (tertiary/aromatic N) is 2. The Labute approximate surface area is 169 Å². The Morgan fingerprint density at radius 1 is 1.10 bits per heavy atom. The van der Waals surface area contributed by atoms with Gasteiger partial charge in [0, 0.05) is 12.1 Å². The van der Waals surface area contributed by atoms with Crippen molar-refractivity contribution in [3.05, 3.63) is 77.9 Å². The number of carbonyl (C=O) groups is 1. The Morgan fingerprint density at radius 2 is 1.93 bits per heavy atom. The Balaban J connectivity index is 1.50. The molecular formula is C23H23N3O3. The zero-order chi connectivity index (χ0) is 20.2. The number of aromatic nitrogens is 1. The highest BCUT2D eigenvalue weighted by molar-refractivity contribution is 5.99. The van der Waals surface area contributed by atoms with E-state index in [4.69, 9.17) is 15.2 Å². The van der Waals surface area contributed by atoms with E-state index in [1.807, 2.05) is 61.5 Å². The summed E-state index contributed by atoms with van der Waals surface area (Å²) in [6, 6.07) is 20.8. The van der Waals surface area contributed by atoms with E-state index >= 15 is 0 Å². The van der Waals surface area contributed by atoms with Crippen molar-refractivity contribution < 1.29 is 14.3 Å². The van der Waals surface area contributed by atoms with E-state index in [2.05, 4.69) is 4.98 Å². The lowest BCUT2D eigenvalue weighted by Crippen LogP contribution is -2.42. The first-order chi connectivity index (χ1) is 14.1. The number of pyridine rings is 1. The van der Waals surface area contributed by atoms with Crippen molar-refractivity contribution in [3.63, 3.8) is 0 Å². The Kier molecular flexibility index (Phi) is 5.33. The van der Waals surface area contributed by atoms with Crippen LogP contribution in [0.5, 0.6) is 11.5 Å². The Morgan fingerprint density at radius 3 is 2.72 bits per heavy atom. The number of amides is 1. The smallest absolute Gasteiger partial charge is 0.274 e. The lowest BCUT2D eigenvalue weighted by molar-refractivity contribution is -0.126. The molecule has 2 N–H and O–H groups in total. The van der Waals surface area contributed by atoms with Crippen molar-refractivity contribution in [2.45, 2.75) is 19.4 Å². The number of carbonyl (C=O) groups excluding carboxylic acids is 1. The molecule has 2 aromatic carbocycles. The molecule has 0 spiro atoms. The first kappa shape index (κ1) is 18.8. The van der Waals surface area contributed by atoms with Gasteiger partial charge >= 0.3 is 0 Å². The van der Waals surface area contributed by atoms with Crippen molar-refractivity contribution in [1.29, 1.82) is 0 Å². The van der Waals surface area contributed by atoms with E-state index in [0.29, 0.717) is 37.0 Å². The van der Waals surface area contributed by atoms with Crippen LogP contribution in [0.2, 0.25) is 0 Å². The van der Waals surface area contributed by atoms with Crippen LogP contribution in [0.15, 0.2) is 66.7 Å². The molecule has 6 nitrogen and oxygen atoms in total. The number of ether oxygens (including phenoxy) is 2. The average molecular weight is 389 g/mol. The first-order valence-electron chi connectivity index (χ1n) is 9.61. The molecule has 3 aromatic rings. The van der Waals surface area contributed by atoms with Gasteiger partial charge in [0.15, 0.2) is 11.6 Å². The van der Waals surface area contributed by atoms with Crippen LogP contribution in [0, 0.1) is 6.92 Å². The maximum atomic E-state index is 13.2. The van der Waals surface area contributed by atoms with Gasteiger partial charge in [-0.25, -0.2) is 4.98 Å². The van der Waals surface area contributed by atoms with Crippen LogP contribution in [0.1, 0.15) is 23.7 Å². The second-order valence-electron chi connectivity index (χ2n) is 6.97. The molecule has 29 heavy (non-hydrogen) atoms. The topological polar surface area (TPSA) is 77.7 Å². The van der Waals surface area contributed by atoms with E-state index < -0.39 is 6.10 Å². The monoisotopic (exact) mass is 389 g/mol. The molecule has 1 aliphatic heterocycles. The Hall–Kier alpha value is -3.54. The van der Waals surface area contributed by atoms with Crippen molar-refractivity contribution in [3.8, 4) is 11.5 Å². The molecule has 0 bridgehead atoms. The minimum atomic E-state index is -0.702. The average Bonchev–Trinajstić information content (AvgIpc) is 2.73. The molecule has 1 atom stereocenters. The number of hydrogen-bond acceptors (Lipinski definition) is 5. The first-order valence-corrected chi connectivity index (χ1v) is 9.61. The second kappa shape index (κ2) is 8.22. The molecular weight excluding hydrogens is 366 g/mol. The SMILES string of the molecule is Cc1cccc(OCCCN2C(=O)C(c3ccccc3)Oc3ccc(N)nc32)c1. The number of nitrogens with two attached hydrogens (primary N) is 1. The number of anilines is 2. The van der Waals surface area contributed by atoms with E-state index in [-0.39, 0.29) is 5.91 Å². The highest BCUT2D eigenvalue weighted by atomic mass is 16.5. The van der Waals surface area contributed by atoms with Crippen LogP contribution in [0.4, 0.5) is 11.6 Å². The Bertz CT molecular complexity index is 1010. The van der Waals surface area contributed by atoms with E-state index in [0.717, 1.165) is 16.9 Å². The molecule has 0 aliphatic carbocycles. The quantitative estimate of drug-likeness (QED) is 0.647. The normalized spacial score (nSPS) is 15.6. The molecule has 1 amide bonds. The van der Waals surface area contributed by atoms with Gasteiger partial charge in [0.05, 0.1) is 6.61 Å². The van der Waals surface area contributed by atoms with E-state index in [9.17, 15) is 4.79 Å². The number of aryl methyl sites for hydroxylation is 1. The van der Waals surface area contributed by atoms with Crippen molar-refractivity contribution >= 4 is 17.5 Å². The molecule has 0 fully saturated rings. The van der Waals surface area contributed by atoms with Gasteiger partial charge in [-0.2, -0.15) is 0 Å². The summed E-state index contributed by atoms with van der Waals surface area (Å²) >= 11 is 0. The molecule has 0 saturated carbocycles. The maximum absolute atomic E-state index is 13.2. The zero-order valence-electron chi connectivity index (χ0n) is 16.2. The fraction of sp³-hybridized carbons (Fsp3) is 0.217. The molecule has 148 valence electrons.